The molecular formula is C29H43N3O4S. The first-order valence-corrected chi connectivity index (χ1v) is 14.9. The second-order valence-electron chi connectivity index (χ2n) is 9.91. The summed E-state index contributed by atoms with van der Waals surface area (Å²) in [7, 11) is -3.53. The highest BCUT2D eigenvalue weighted by Crippen LogP contribution is 2.25. The van der Waals surface area contributed by atoms with Gasteiger partial charge in [-0.2, -0.15) is 0 Å². The fourth-order valence-electron chi connectivity index (χ4n) is 4.24. The predicted octanol–water partition coefficient (Wildman–Crippen LogP) is 4.88. The zero-order chi connectivity index (χ0) is 27.8. The number of amides is 2. The van der Waals surface area contributed by atoms with Gasteiger partial charge >= 0.3 is 0 Å². The van der Waals surface area contributed by atoms with Gasteiger partial charge in [-0.15, -0.1) is 0 Å². The van der Waals surface area contributed by atoms with E-state index in [-0.39, 0.29) is 30.8 Å². The number of carbonyl (C=O) groups is 2. The van der Waals surface area contributed by atoms with Crippen LogP contribution in [0.5, 0.6) is 0 Å². The van der Waals surface area contributed by atoms with Crippen LogP contribution in [0.25, 0.3) is 0 Å². The van der Waals surface area contributed by atoms with Crippen LogP contribution < -0.4 is 9.62 Å². The van der Waals surface area contributed by atoms with Crippen LogP contribution in [0.4, 0.5) is 5.69 Å². The smallest absolute Gasteiger partial charge is 0.243 e. The van der Waals surface area contributed by atoms with E-state index in [9.17, 15) is 18.0 Å². The average molecular weight is 530 g/mol. The molecule has 0 fully saturated rings. The standard InChI is InChI=1S/C29H43N3O4S/c1-8-23(5)30-29(34)26(9-2)31(20-25-17-15-21(3)16-18-25)28(33)14-11-19-32(37(7,35)36)27-13-10-12-22(4)24(27)6/h10,12-13,15-18,23,26H,8-9,11,14,19-20H2,1-7H3,(H,30,34)/t23-,26+/m0/s1. The van der Waals surface area contributed by atoms with E-state index in [1.54, 1.807) is 11.0 Å². The number of nitrogens with zero attached hydrogens (tertiary/aromatic N) is 2. The van der Waals surface area contributed by atoms with E-state index < -0.39 is 16.1 Å². The van der Waals surface area contributed by atoms with Crippen LogP contribution in [0.1, 0.15) is 68.7 Å². The van der Waals surface area contributed by atoms with Crippen molar-refractivity contribution in [1.29, 1.82) is 0 Å². The highest BCUT2D eigenvalue weighted by Gasteiger charge is 2.29. The van der Waals surface area contributed by atoms with Crippen LogP contribution in [0.15, 0.2) is 42.5 Å². The molecule has 2 aromatic carbocycles. The molecule has 2 amide bonds. The summed E-state index contributed by atoms with van der Waals surface area (Å²) in [6.45, 7) is 12.2. The molecule has 0 saturated heterocycles. The highest BCUT2D eigenvalue weighted by molar-refractivity contribution is 7.92. The largest absolute Gasteiger partial charge is 0.352 e. The maximum atomic E-state index is 13.5. The summed E-state index contributed by atoms with van der Waals surface area (Å²) in [6.07, 6.45) is 2.95. The van der Waals surface area contributed by atoms with Crippen molar-refractivity contribution in [3.63, 3.8) is 0 Å². The predicted molar refractivity (Wildman–Crippen MR) is 151 cm³/mol. The van der Waals surface area contributed by atoms with Crippen molar-refractivity contribution >= 4 is 27.5 Å². The maximum Gasteiger partial charge on any atom is 0.243 e. The lowest BCUT2D eigenvalue weighted by atomic mass is 10.1. The summed E-state index contributed by atoms with van der Waals surface area (Å²) in [6, 6.07) is 12.9. The SMILES string of the molecule is CC[C@H](C(=O)N[C@@H](C)CC)N(Cc1ccc(C)cc1)C(=O)CCCN(c1cccc(C)c1C)S(C)(=O)=O. The molecule has 0 heterocycles. The molecule has 1 N–H and O–H groups in total. The molecule has 0 aliphatic carbocycles. The number of carbonyl (C=O) groups excluding carboxylic acids is 2. The van der Waals surface area contributed by atoms with Gasteiger partial charge in [0.05, 0.1) is 11.9 Å². The van der Waals surface area contributed by atoms with E-state index >= 15 is 0 Å². The zero-order valence-corrected chi connectivity index (χ0v) is 24.2. The van der Waals surface area contributed by atoms with Gasteiger partial charge in [-0.25, -0.2) is 8.42 Å². The molecule has 2 aromatic rings. The summed E-state index contributed by atoms with van der Waals surface area (Å²) in [5.41, 5.74) is 4.60. The quantitative estimate of drug-likeness (QED) is 0.401. The van der Waals surface area contributed by atoms with Gasteiger partial charge in [-0.1, -0.05) is 55.8 Å². The van der Waals surface area contributed by atoms with Gasteiger partial charge in [-0.05, 0) is 69.7 Å². The van der Waals surface area contributed by atoms with Crippen molar-refractivity contribution in [3.8, 4) is 0 Å². The molecule has 0 aromatic heterocycles. The highest BCUT2D eigenvalue weighted by atomic mass is 32.2. The van der Waals surface area contributed by atoms with Crippen LogP contribution in [-0.4, -0.2) is 50.0 Å². The van der Waals surface area contributed by atoms with Gasteiger partial charge in [-0.3, -0.25) is 13.9 Å². The molecule has 8 heteroatoms. The van der Waals surface area contributed by atoms with Crippen LogP contribution >= 0.6 is 0 Å². The molecule has 0 aliphatic rings. The van der Waals surface area contributed by atoms with Crippen molar-refractivity contribution < 1.29 is 18.0 Å². The second-order valence-corrected chi connectivity index (χ2v) is 11.8. The molecule has 37 heavy (non-hydrogen) atoms. The summed E-state index contributed by atoms with van der Waals surface area (Å²) in [5.74, 6) is -0.327. The van der Waals surface area contributed by atoms with Gasteiger partial charge in [0, 0.05) is 25.6 Å². The van der Waals surface area contributed by atoms with E-state index in [1.165, 1.54) is 10.6 Å². The van der Waals surface area contributed by atoms with E-state index in [2.05, 4.69) is 5.32 Å². The minimum atomic E-state index is -3.53. The number of sulfonamides is 1. The minimum absolute atomic E-state index is 0.0127. The van der Waals surface area contributed by atoms with E-state index in [4.69, 9.17) is 0 Å². The minimum Gasteiger partial charge on any atom is -0.352 e. The summed E-state index contributed by atoms with van der Waals surface area (Å²) < 4.78 is 26.6. The first-order chi connectivity index (χ1) is 17.4. The van der Waals surface area contributed by atoms with E-state index in [0.29, 0.717) is 25.1 Å². The summed E-state index contributed by atoms with van der Waals surface area (Å²) in [5, 5.41) is 3.02. The molecule has 2 atom stereocenters. The van der Waals surface area contributed by atoms with Gasteiger partial charge in [0.15, 0.2) is 0 Å². The number of benzene rings is 2. The first kappa shape index (κ1) is 30.4. The normalized spacial score (nSPS) is 13.1. The van der Waals surface area contributed by atoms with Gasteiger partial charge in [0.1, 0.15) is 6.04 Å². The molecule has 2 rings (SSSR count). The Bertz CT molecular complexity index is 1160. The number of hydrogen-bond donors (Lipinski definition) is 1. The number of aryl methyl sites for hydroxylation is 2. The lowest BCUT2D eigenvalue weighted by Gasteiger charge is -2.32. The van der Waals surface area contributed by atoms with E-state index in [0.717, 1.165) is 28.7 Å². The Kier molecular flexibility index (Phi) is 11.2. The Balaban J connectivity index is 2.25. The van der Waals surface area contributed by atoms with E-state index in [1.807, 2.05) is 77.9 Å². The fourth-order valence-corrected chi connectivity index (χ4v) is 5.25. The number of rotatable bonds is 13. The molecule has 0 radical (unpaired) electrons. The maximum absolute atomic E-state index is 13.5. The van der Waals surface area contributed by atoms with Gasteiger partial charge in [0.25, 0.3) is 0 Å². The zero-order valence-electron chi connectivity index (χ0n) is 23.4. The number of anilines is 1. The van der Waals surface area contributed by atoms with Crippen LogP contribution in [0.3, 0.4) is 0 Å². The van der Waals surface area contributed by atoms with Gasteiger partial charge in [0.2, 0.25) is 21.8 Å². The molecule has 0 unspecified atom stereocenters. The van der Waals surface area contributed by atoms with Crippen molar-refractivity contribution in [3.05, 3.63) is 64.7 Å². The lowest BCUT2D eigenvalue weighted by molar-refractivity contribution is -0.141. The van der Waals surface area contributed by atoms with Crippen molar-refractivity contribution in [1.82, 2.24) is 10.2 Å². The Morgan fingerprint density at radius 2 is 1.62 bits per heavy atom. The second kappa shape index (κ2) is 13.6. The Morgan fingerprint density at radius 3 is 2.19 bits per heavy atom. The topological polar surface area (TPSA) is 86.8 Å². The van der Waals surface area contributed by atoms with Crippen molar-refractivity contribution in [2.45, 2.75) is 85.9 Å². The third kappa shape index (κ3) is 8.59. The third-order valence-corrected chi connectivity index (χ3v) is 8.04. The molecule has 0 aliphatic heterocycles. The van der Waals surface area contributed by atoms with Crippen molar-refractivity contribution in [2.75, 3.05) is 17.1 Å². The Hall–Kier alpha value is -2.87. The van der Waals surface area contributed by atoms with Crippen LogP contribution in [-0.2, 0) is 26.2 Å². The Labute approximate surface area is 223 Å². The lowest BCUT2D eigenvalue weighted by Crippen LogP contribution is -2.50. The third-order valence-electron chi connectivity index (χ3n) is 6.86. The molecule has 204 valence electrons. The molecule has 0 saturated carbocycles. The molecule has 7 nitrogen and oxygen atoms in total. The number of hydrogen-bond acceptors (Lipinski definition) is 4. The molecular weight excluding hydrogens is 486 g/mol. The van der Waals surface area contributed by atoms with Crippen molar-refractivity contribution in [2.24, 2.45) is 0 Å². The summed E-state index contributed by atoms with van der Waals surface area (Å²) >= 11 is 0. The number of nitrogens with one attached hydrogen (secondary N) is 1. The fraction of sp³-hybridized carbons (Fsp3) is 0.517. The molecule has 0 spiro atoms. The Morgan fingerprint density at radius 1 is 0.973 bits per heavy atom. The molecule has 0 bridgehead atoms. The monoisotopic (exact) mass is 529 g/mol. The van der Waals surface area contributed by atoms with Crippen LogP contribution in [0.2, 0.25) is 0 Å². The van der Waals surface area contributed by atoms with Crippen LogP contribution in [0, 0.1) is 20.8 Å². The van der Waals surface area contributed by atoms with Gasteiger partial charge < -0.3 is 10.2 Å². The first-order valence-electron chi connectivity index (χ1n) is 13.1. The summed E-state index contributed by atoms with van der Waals surface area (Å²) in [4.78, 5) is 28.3. The average Bonchev–Trinajstić information content (AvgIpc) is 2.84.